The number of amides is 2. The first kappa shape index (κ1) is 13.7. The van der Waals surface area contributed by atoms with E-state index in [-0.39, 0.29) is 18.2 Å². The minimum absolute atomic E-state index is 0.0229. The van der Waals surface area contributed by atoms with Crippen molar-refractivity contribution < 1.29 is 19.4 Å². The van der Waals surface area contributed by atoms with Gasteiger partial charge in [-0.2, -0.15) is 0 Å². The first-order valence-electron chi connectivity index (χ1n) is 7.54. The molecule has 3 rings (SSSR count). The number of urea groups is 1. The van der Waals surface area contributed by atoms with Gasteiger partial charge in [0.15, 0.2) is 0 Å². The quantitative estimate of drug-likeness (QED) is 0.724. The third kappa shape index (κ3) is 2.61. The van der Waals surface area contributed by atoms with E-state index in [2.05, 4.69) is 10.6 Å². The van der Waals surface area contributed by atoms with Gasteiger partial charge < -0.3 is 20.5 Å². The van der Waals surface area contributed by atoms with E-state index in [1.165, 1.54) is 12.8 Å². The Bertz CT molecular complexity index is 402. The van der Waals surface area contributed by atoms with Crippen molar-refractivity contribution in [3.8, 4) is 0 Å². The highest BCUT2D eigenvalue weighted by molar-refractivity contribution is 5.86. The second-order valence-electron chi connectivity index (χ2n) is 6.26. The maximum absolute atomic E-state index is 12.1. The zero-order chi connectivity index (χ0) is 14.2. The third-order valence-electron chi connectivity index (χ3n) is 4.76. The highest BCUT2D eigenvalue weighted by Gasteiger charge is 2.45. The lowest BCUT2D eigenvalue weighted by Gasteiger charge is -2.27. The number of hydrogen-bond donors (Lipinski definition) is 3. The number of carbonyl (C=O) groups excluding carboxylic acids is 1. The Morgan fingerprint density at radius 1 is 1.15 bits per heavy atom. The van der Waals surface area contributed by atoms with Crippen molar-refractivity contribution in [2.24, 2.45) is 5.92 Å². The second-order valence-corrected chi connectivity index (χ2v) is 6.26. The molecular formula is C14H22N2O4. The Balaban J connectivity index is 1.57. The number of ether oxygens (including phenoxy) is 1. The molecular weight excluding hydrogens is 260 g/mol. The third-order valence-corrected chi connectivity index (χ3v) is 4.76. The number of rotatable bonds is 4. The Morgan fingerprint density at radius 3 is 2.45 bits per heavy atom. The maximum Gasteiger partial charge on any atom is 0.329 e. The molecule has 0 radical (unpaired) electrons. The van der Waals surface area contributed by atoms with Crippen LogP contribution in [0.1, 0.15) is 44.9 Å². The van der Waals surface area contributed by atoms with Gasteiger partial charge in [-0.1, -0.05) is 12.8 Å². The molecule has 2 amide bonds. The van der Waals surface area contributed by atoms with Gasteiger partial charge in [-0.15, -0.1) is 0 Å². The summed E-state index contributed by atoms with van der Waals surface area (Å²) < 4.78 is 5.67. The van der Waals surface area contributed by atoms with Crippen molar-refractivity contribution in [2.45, 2.75) is 62.6 Å². The van der Waals surface area contributed by atoms with Crippen molar-refractivity contribution in [1.29, 1.82) is 0 Å². The Kier molecular flexibility index (Phi) is 3.58. The summed E-state index contributed by atoms with van der Waals surface area (Å²) in [5.41, 5.74) is -1.07. The van der Waals surface area contributed by atoms with Crippen LogP contribution in [0.5, 0.6) is 0 Å². The molecule has 0 spiro atoms. The summed E-state index contributed by atoms with van der Waals surface area (Å²) in [5, 5.41) is 15.0. The summed E-state index contributed by atoms with van der Waals surface area (Å²) in [4.78, 5) is 23.5. The van der Waals surface area contributed by atoms with E-state index in [0.717, 1.165) is 19.3 Å². The second kappa shape index (κ2) is 5.24. The van der Waals surface area contributed by atoms with Crippen molar-refractivity contribution in [2.75, 3.05) is 6.61 Å². The first-order valence-corrected chi connectivity index (χ1v) is 7.54. The van der Waals surface area contributed by atoms with E-state index in [4.69, 9.17) is 4.74 Å². The lowest BCUT2D eigenvalue weighted by Crippen LogP contribution is -2.57. The molecule has 6 heteroatoms. The van der Waals surface area contributed by atoms with E-state index in [1.807, 2.05) is 0 Å². The highest BCUT2D eigenvalue weighted by Crippen LogP contribution is 2.38. The first-order chi connectivity index (χ1) is 9.61. The minimum atomic E-state index is -1.07. The summed E-state index contributed by atoms with van der Waals surface area (Å²) in [7, 11) is 0. The zero-order valence-electron chi connectivity index (χ0n) is 11.6. The summed E-state index contributed by atoms with van der Waals surface area (Å²) >= 11 is 0. The van der Waals surface area contributed by atoms with Crippen LogP contribution >= 0.6 is 0 Å². The van der Waals surface area contributed by atoms with Crippen molar-refractivity contribution in [3.05, 3.63) is 0 Å². The van der Waals surface area contributed by atoms with Gasteiger partial charge in [0.05, 0.1) is 12.1 Å². The molecule has 6 nitrogen and oxygen atoms in total. The van der Waals surface area contributed by atoms with Gasteiger partial charge in [0.25, 0.3) is 0 Å². The lowest BCUT2D eigenvalue weighted by molar-refractivity contribution is -0.144. The fourth-order valence-corrected chi connectivity index (χ4v) is 3.45. The number of hydrogen-bond acceptors (Lipinski definition) is 3. The van der Waals surface area contributed by atoms with Gasteiger partial charge in [-0.3, -0.25) is 0 Å². The molecule has 3 aliphatic rings. The molecule has 3 N–H and O–H groups in total. The molecule has 0 bridgehead atoms. The van der Waals surface area contributed by atoms with Crippen LogP contribution in [0.25, 0.3) is 0 Å². The van der Waals surface area contributed by atoms with E-state index < -0.39 is 11.5 Å². The van der Waals surface area contributed by atoms with E-state index in [0.29, 0.717) is 25.4 Å². The van der Waals surface area contributed by atoms with Crippen LogP contribution in [-0.4, -0.2) is 41.4 Å². The number of nitrogens with one attached hydrogen (secondary N) is 2. The Labute approximate surface area is 118 Å². The Hall–Kier alpha value is -1.30. The summed E-state index contributed by atoms with van der Waals surface area (Å²) in [5.74, 6) is -0.353. The molecule has 2 saturated carbocycles. The maximum atomic E-state index is 12.1. The van der Waals surface area contributed by atoms with Crippen LogP contribution in [0.2, 0.25) is 0 Å². The van der Waals surface area contributed by atoms with E-state index in [9.17, 15) is 14.7 Å². The largest absolute Gasteiger partial charge is 0.480 e. The summed E-state index contributed by atoms with van der Waals surface area (Å²) in [6, 6.07) is -0.342. The number of carbonyl (C=O) groups is 2. The van der Waals surface area contributed by atoms with E-state index >= 15 is 0 Å². The topological polar surface area (TPSA) is 87.7 Å². The molecule has 2 aliphatic carbocycles. The van der Waals surface area contributed by atoms with Crippen LogP contribution in [0, 0.1) is 5.92 Å². The normalized spacial score (nSPS) is 32.0. The molecule has 3 fully saturated rings. The van der Waals surface area contributed by atoms with Crippen molar-refractivity contribution in [1.82, 2.24) is 10.6 Å². The highest BCUT2D eigenvalue weighted by atomic mass is 16.5. The van der Waals surface area contributed by atoms with Crippen LogP contribution in [0.15, 0.2) is 0 Å². The average molecular weight is 282 g/mol. The lowest BCUT2D eigenvalue weighted by atomic mass is 9.98. The summed E-state index contributed by atoms with van der Waals surface area (Å²) in [6.07, 6.45) is 6.01. The molecule has 112 valence electrons. The van der Waals surface area contributed by atoms with Gasteiger partial charge >= 0.3 is 12.0 Å². The van der Waals surface area contributed by atoms with Gasteiger partial charge in [0, 0.05) is 6.61 Å². The predicted octanol–water partition coefficient (Wildman–Crippen LogP) is 1.25. The standard InChI is InChI=1S/C14H22N2O4/c17-12(18)14(6-1-2-7-14)16-13(19)15-10-5-8-20-11(10)9-3-4-9/h9-11H,1-8H2,(H,17,18)(H2,15,16,19). The fourth-order valence-electron chi connectivity index (χ4n) is 3.45. The number of carboxylic acid groups (broad SMARTS) is 1. The van der Waals surface area contributed by atoms with Gasteiger partial charge in [0.1, 0.15) is 5.54 Å². The monoisotopic (exact) mass is 282 g/mol. The van der Waals surface area contributed by atoms with Crippen LogP contribution in [0.4, 0.5) is 4.79 Å². The fraction of sp³-hybridized carbons (Fsp3) is 0.857. The number of carboxylic acids is 1. The molecule has 2 unspecified atom stereocenters. The molecule has 0 aromatic rings. The predicted molar refractivity (Wildman–Crippen MR) is 71.4 cm³/mol. The molecule has 20 heavy (non-hydrogen) atoms. The molecule has 0 aromatic heterocycles. The average Bonchev–Trinajstić information content (AvgIpc) is 2.95. The molecule has 0 aromatic carbocycles. The smallest absolute Gasteiger partial charge is 0.329 e. The zero-order valence-corrected chi connectivity index (χ0v) is 11.6. The van der Waals surface area contributed by atoms with Gasteiger partial charge in [-0.25, -0.2) is 9.59 Å². The van der Waals surface area contributed by atoms with Crippen molar-refractivity contribution in [3.63, 3.8) is 0 Å². The van der Waals surface area contributed by atoms with E-state index in [1.54, 1.807) is 0 Å². The van der Waals surface area contributed by atoms with Crippen molar-refractivity contribution >= 4 is 12.0 Å². The molecule has 1 aliphatic heterocycles. The summed E-state index contributed by atoms with van der Waals surface area (Å²) in [6.45, 7) is 0.677. The Morgan fingerprint density at radius 2 is 1.85 bits per heavy atom. The number of aliphatic carboxylic acids is 1. The molecule has 1 saturated heterocycles. The van der Waals surface area contributed by atoms with Crippen LogP contribution < -0.4 is 10.6 Å². The molecule has 2 atom stereocenters. The van der Waals surface area contributed by atoms with Gasteiger partial charge in [-0.05, 0) is 38.0 Å². The SMILES string of the molecule is O=C(NC1CCOC1C1CC1)NC1(C(=O)O)CCCC1. The van der Waals surface area contributed by atoms with Gasteiger partial charge in [0.2, 0.25) is 0 Å². The van der Waals surface area contributed by atoms with Crippen LogP contribution in [-0.2, 0) is 9.53 Å². The molecule has 1 heterocycles. The minimum Gasteiger partial charge on any atom is -0.480 e. The van der Waals surface area contributed by atoms with Crippen LogP contribution in [0.3, 0.4) is 0 Å².